The molecule has 0 atom stereocenters. The summed E-state index contributed by atoms with van der Waals surface area (Å²) in [4.78, 5) is 0. The summed E-state index contributed by atoms with van der Waals surface area (Å²) in [6.45, 7) is 0.706. The molecule has 0 radical (unpaired) electrons. The molecule has 0 aliphatic carbocycles. The largest absolute Gasteiger partial charge is 0.495 e. The van der Waals surface area contributed by atoms with Crippen LogP contribution < -0.4 is 4.74 Å². The Kier molecular flexibility index (Phi) is 2.98. The van der Waals surface area contributed by atoms with Gasteiger partial charge in [-0.05, 0) is 11.6 Å². The maximum atomic E-state index is 9.17. The molecule has 0 N–H and O–H groups in total. The van der Waals surface area contributed by atoms with Crippen LogP contribution >= 0.6 is 23.2 Å². The number of halogens is 2. The van der Waals surface area contributed by atoms with Gasteiger partial charge in [0.2, 0.25) is 0 Å². The van der Waals surface area contributed by atoms with E-state index in [1.165, 1.54) is 7.11 Å². The van der Waals surface area contributed by atoms with Crippen molar-refractivity contribution in [2.45, 2.75) is 5.41 Å². The van der Waals surface area contributed by atoms with Crippen LogP contribution in [0.5, 0.6) is 5.75 Å². The van der Waals surface area contributed by atoms with E-state index >= 15 is 0 Å². The molecule has 3 nitrogen and oxygen atoms in total. The fraction of sp³-hybridized carbons (Fsp3) is 0.364. The van der Waals surface area contributed by atoms with Gasteiger partial charge in [-0.3, -0.25) is 0 Å². The van der Waals surface area contributed by atoms with E-state index in [1.54, 1.807) is 12.1 Å². The third-order valence-corrected chi connectivity index (χ3v) is 3.28. The molecule has 1 aromatic rings. The van der Waals surface area contributed by atoms with E-state index in [0.717, 1.165) is 0 Å². The summed E-state index contributed by atoms with van der Waals surface area (Å²) < 4.78 is 10.1. The predicted molar refractivity (Wildman–Crippen MR) is 61.1 cm³/mol. The van der Waals surface area contributed by atoms with Crippen LogP contribution in [0.1, 0.15) is 5.56 Å². The molecule has 84 valence electrons. The highest BCUT2D eigenvalue weighted by molar-refractivity contribution is 6.34. The lowest BCUT2D eigenvalue weighted by molar-refractivity contribution is -0.0297. The molecule has 0 aromatic heterocycles. The number of benzene rings is 1. The van der Waals surface area contributed by atoms with E-state index in [4.69, 9.17) is 37.9 Å². The number of methoxy groups -OCH3 is 1. The monoisotopic (exact) mass is 257 g/mol. The zero-order chi connectivity index (χ0) is 11.8. The van der Waals surface area contributed by atoms with Gasteiger partial charge < -0.3 is 9.47 Å². The Balaban J connectivity index is 2.50. The Morgan fingerprint density at radius 2 is 2.06 bits per heavy atom. The van der Waals surface area contributed by atoms with Crippen molar-refractivity contribution in [1.29, 1.82) is 5.26 Å². The lowest BCUT2D eigenvalue weighted by atomic mass is 9.80. The van der Waals surface area contributed by atoms with E-state index in [2.05, 4.69) is 6.07 Å². The number of hydrogen-bond acceptors (Lipinski definition) is 3. The van der Waals surface area contributed by atoms with E-state index < -0.39 is 5.41 Å². The first-order chi connectivity index (χ1) is 7.63. The van der Waals surface area contributed by atoms with Crippen molar-refractivity contribution in [2.75, 3.05) is 20.3 Å². The molecular weight excluding hydrogens is 249 g/mol. The van der Waals surface area contributed by atoms with Crippen LogP contribution in [0.3, 0.4) is 0 Å². The molecule has 0 bridgehead atoms. The van der Waals surface area contributed by atoms with Crippen LogP contribution in [-0.4, -0.2) is 20.3 Å². The van der Waals surface area contributed by atoms with E-state index in [1.807, 2.05) is 0 Å². The van der Waals surface area contributed by atoms with Gasteiger partial charge in [0.05, 0.1) is 31.4 Å². The number of nitrogens with zero attached hydrogens (tertiary/aromatic N) is 1. The SMILES string of the molecule is COc1cc(Cl)c(C2(C#N)COC2)cc1Cl. The first-order valence-electron chi connectivity index (χ1n) is 4.65. The lowest BCUT2D eigenvalue weighted by Gasteiger charge is -2.36. The molecule has 1 fully saturated rings. The van der Waals surface area contributed by atoms with Gasteiger partial charge in [-0.15, -0.1) is 0 Å². The van der Waals surface area contributed by atoms with Crippen LogP contribution in [0.4, 0.5) is 0 Å². The van der Waals surface area contributed by atoms with Crippen LogP contribution in [-0.2, 0) is 10.2 Å². The van der Waals surface area contributed by atoms with Gasteiger partial charge in [0.15, 0.2) is 0 Å². The van der Waals surface area contributed by atoms with Gasteiger partial charge >= 0.3 is 0 Å². The molecule has 0 unspecified atom stereocenters. The minimum absolute atomic E-state index is 0.353. The normalized spacial score (nSPS) is 17.4. The van der Waals surface area contributed by atoms with Gasteiger partial charge in [0.25, 0.3) is 0 Å². The smallest absolute Gasteiger partial charge is 0.138 e. The fourth-order valence-electron chi connectivity index (χ4n) is 1.64. The molecule has 1 saturated heterocycles. The van der Waals surface area contributed by atoms with Crippen LogP contribution in [0.25, 0.3) is 0 Å². The van der Waals surface area contributed by atoms with Crippen LogP contribution in [0.15, 0.2) is 12.1 Å². The highest BCUT2D eigenvalue weighted by atomic mass is 35.5. The number of ether oxygens (including phenoxy) is 2. The summed E-state index contributed by atoms with van der Waals surface area (Å²) in [5.74, 6) is 0.503. The second kappa shape index (κ2) is 4.14. The Labute approximate surface area is 103 Å². The standard InChI is InChI=1S/C11H9Cl2NO2/c1-15-10-3-8(12)7(2-9(10)13)11(4-14)5-16-6-11/h2-3H,5-6H2,1H3. The average Bonchev–Trinajstić information content (AvgIpc) is 2.22. The molecule has 16 heavy (non-hydrogen) atoms. The fourth-order valence-corrected chi connectivity index (χ4v) is 2.21. The summed E-state index contributed by atoms with van der Waals surface area (Å²) in [5, 5.41) is 10.1. The number of rotatable bonds is 2. The van der Waals surface area contributed by atoms with Crippen molar-refractivity contribution in [2.24, 2.45) is 0 Å². The second-order valence-electron chi connectivity index (χ2n) is 3.65. The molecule has 1 aliphatic heterocycles. The molecule has 0 spiro atoms. The van der Waals surface area contributed by atoms with Crippen molar-refractivity contribution < 1.29 is 9.47 Å². The van der Waals surface area contributed by atoms with Gasteiger partial charge in [0, 0.05) is 11.1 Å². The number of hydrogen-bond donors (Lipinski definition) is 0. The highest BCUT2D eigenvalue weighted by Gasteiger charge is 2.42. The minimum atomic E-state index is -0.660. The summed E-state index contributed by atoms with van der Waals surface area (Å²) in [6.07, 6.45) is 0. The van der Waals surface area contributed by atoms with Crippen LogP contribution in [0.2, 0.25) is 10.0 Å². The summed E-state index contributed by atoms with van der Waals surface area (Å²) in [5.41, 5.74) is 0.0428. The van der Waals surface area contributed by atoms with Crippen molar-refractivity contribution in [3.63, 3.8) is 0 Å². The third-order valence-electron chi connectivity index (χ3n) is 2.67. The zero-order valence-corrected chi connectivity index (χ0v) is 10.1. The minimum Gasteiger partial charge on any atom is -0.495 e. The van der Waals surface area contributed by atoms with Gasteiger partial charge in [-0.25, -0.2) is 0 Å². The Hall–Kier alpha value is -0.950. The summed E-state index contributed by atoms with van der Waals surface area (Å²) in [6, 6.07) is 5.52. The molecule has 1 aliphatic rings. The summed E-state index contributed by atoms with van der Waals surface area (Å²) in [7, 11) is 1.52. The Morgan fingerprint density at radius 1 is 1.38 bits per heavy atom. The van der Waals surface area contributed by atoms with Crippen molar-refractivity contribution in [1.82, 2.24) is 0 Å². The highest BCUT2D eigenvalue weighted by Crippen LogP contribution is 2.40. The first kappa shape index (κ1) is 11.5. The van der Waals surface area contributed by atoms with Gasteiger partial charge in [-0.2, -0.15) is 5.26 Å². The third kappa shape index (κ3) is 1.63. The van der Waals surface area contributed by atoms with Gasteiger partial charge in [0.1, 0.15) is 11.2 Å². The molecule has 0 amide bonds. The topological polar surface area (TPSA) is 42.2 Å². The predicted octanol–water partition coefficient (Wildman–Crippen LogP) is 2.79. The van der Waals surface area contributed by atoms with E-state index in [0.29, 0.717) is 34.6 Å². The maximum absolute atomic E-state index is 9.17. The van der Waals surface area contributed by atoms with Crippen molar-refractivity contribution in [3.8, 4) is 11.8 Å². The van der Waals surface area contributed by atoms with E-state index in [-0.39, 0.29) is 0 Å². The zero-order valence-electron chi connectivity index (χ0n) is 8.59. The molecule has 1 heterocycles. The first-order valence-corrected chi connectivity index (χ1v) is 5.41. The van der Waals surface area contributed by atoms with Crippen LogP contribution in [0, 0.1) is 11.3 Å². The molecule has 2 rings (SSSR count). The van der Waals surface area contributed by atoms with Crippen molar-refractivity contribution >= 4 is 23.2 Å². The molecule has 5 heteroatoms. The molecular formula is C11H9Cl2NO2. The summed E-state index contributed by atoms with van der Waals surface area (Å²) >= 11 is 12.1. The maximum Gasteiger partial charge on any atom is 0.138 e. The van der Waals surface area contributed by atoms with Gasteiger partial charge in [-0.1, -0.05) is 23.2 Å². The van der Waals surface area contributed by atoms with Crippen molar-refractivity contribution in [3.05, 3.63) is 27.7 Å². The Bertz CT molecular complexity index is 464. The molecule has 1 aromatic carbocycles. The van der Waals surface area contributed by atoms with E-state index in [9.17, 15) is 0 Å². The number of nitriles is 1. The second-order valence-corrected chi connectivity index (χ2v) is 4.47. The lowest BCUT2D eigenvalue weighted by Crippen LogP contribution is -2.45. The average molecular weight is 258 g/mol. The molecule has 0 saturated carbocycles. The Morgan fingerprint density at radius 3 is 2.50 bits per heavy atom. The quantitative estimate of drug-likeness (QED) is 0.819.